The van der Waals surface area contributed by atoms with Crippen LogP contribution in [0.3, 0.4) is 0 Å². The lowest BCUT2D eigenvalue weighted by Crippen LogP contribution is -2.14. The highest BCUT2D eigenvalue weighted by molar-refractivity contribution is 5.25. The number of nitrogens with one attached hydrogen (secondary N) is 1. The zero-order valence-corrected chi connectivity index (χ0v) is 10.2. The van der Waals surface area contributed by atoms with E-state index in [1.807, 2.05) is 11.7 Å². The first-order valence-electron chi connectivity index (χ1n) is 5.75. The predicted octanol–water partition coefficient (Wildman–Crippen LogP) is 0.944. The van der Waals surface area contributed by atoms with Crippen LogP contribution in [0, 0.1) is 6.92 Å². The fraction of sp³-hybridized carbons (Fsp3) is 0.417. The molecule has 0 aliphatic carbocycles. The summed E-state index contributed by atoms with van der Waals surface area (Å²) >= 11 is 0. The Hall–Kier alpha value is -1.75. The van der Waals surface area contributed by atoms with Crippen molar-refractivity contribution in [3.8, 4) is 0 Å². The van der Waals surface area contributed by atoms with E-state index in [0.717, 1.165) is 18.8 Å². The highest BCUT2D eigenvalue weighted by Gasteiger charge is 2.05. The molecule has 0 aliphatic heterocycles. The zero-order valence-electron chi connectivity index (χ0n) is 10.2. The summed E-state index contributed by atoms with van der Waals surface area (Å²) in [5, 5.41) is 14.7. The summed E-state index contributed by atoms with van der Waals surface area (Å²) < 4.78 is 1.85. The van der Waals surface area contributed by atoms with Gasteiger partial charge in [-0.05, 0) is 41.9 Å². The lowest BCUT2D eigenvalue weighted by atomic mass is 10.1. The van der Waals surface area contributed by atoms with E-state index in [9.17, 15) is 0 Å². The van der Waals surface area contributed by atoms with Crippen LogP contribution < -0.4 is 5.32 Å². The summed E-state index contributed by atoms with van der Waals surface area (Å²) in [6.07, 6.45) is 0.953. The molecule has 1 N–H and O–H groups in total. The molecule has 0 spiro atoms. The second-order valence-electron chi connectivity index (χ2n) is 4.03. The third-order valence-corrected chi connectivity index (χ3v) is 2.80. The minimum atomic E-state index is 0.695. The molecule has 5 heteroatoms. The number of aromatic nitrogens is 4. The fourth-order valence-corrected chi connectivity index (χ4v) is 1.80. The standard InChI is InChI=1S/C12H17N5/c1-10-5-3-4-6-11(10)7-8-17-12(9-13-2)14-15-16-17/h3-6,13H,7-9H2,1-2H3. The van der Waals surface area contributed by atoms with E-state index in [1.54, 1.807) is 0 Å². The second kappa shape index (κ2) is 5.54. The Morgan fingerprint density at radius 2 is 2.12 bits per heavy atom. The molecule has 2 aromatic rings. The van der Waals surface area contributed by atoms with Gasteiger partial charge < -0.3 is 5.32 Å². The van der Waals surface area contributed by atoms with Gasteiger partial charge in [-0.15, -0.1) is 5.10 Å². The quantitative estimate of drug-likeness (QED) is 0.832. The minimum absolute atomic E-state index is 0.695. The van der Waals surface area contributed by atoms with Crippen LogP contribution in [0.5, 0.6) is 0 Å². The highest BCUT2D eigenvalue weighted by atomic mass is 15.5. The van der Waals surface area contributed by atoms with Gasteiger partial charge in [0.05, 0.1) is 6.54 Å². The van der Waals surface area contributed by atoms with Crippen molar-refractivity contribution in [3.05, 3.63) is 41.2 Å². The van der Waals surface area contributed by atoms with Crippen LogP contribution in [0.4, 0.5) is 0 Å². The minimum Gasteiger partial charge on any atom is -0.313 e. The van der Waals surface area contributed by atoms with Crippen LogP contribution >= 0.6 is 0 Å². The Balaban J connectivity index is 2.02. The number of aryl methyl sites for hydroxylation is 3. The molecule has 0 saturated heterocycles. The van der Waals surface area contributed by atoms with Gasteiger partial charge in [0.1, 0.15) is 0 Å². The number of hydrogen-bond donors (Lipinski definition) is 1. The van der Waals surface area contributed by atoms with Crippen molar-refractivity contribution in [2.24, 2.45) is 0 Å². The molecular formula is C12H17N5. The Bertz CT molecular complexity index is 477. The van der Waals surface area contributed by atoms with Crippen LogP contribution in [0.2, 0.25) is 0 Å². The molecule has 5 nitrogen and oxygen atoms in total. The average molecular weight is 231 g/mol. The van der Waals surface area contributed by atoms with Crippen molar-refractivity contribution >= 4 is 0 Å². The summed E-state index contributed by atoms with van der Waals surface area (Å²) in [6, 6.07) is 8.40. The largest absolute Gasteiger partial charge is 0.313 e. The number of nitrogens with zero attached hydrogens (tertiary/aromatic N) is 4. The molecule has 1 heterocycles. The van der Waals surface area contributed by atoms with Gasteiger partial charge in [0.2, 0.25) is 0 Å². The lowest BCUT2D eigenvalue weighted by molar-refractivity contribution is 0.552. The molecule has 0 aliphatic rings. The Kier molecular flexibility index (Phi) is 3.82. The van der Waals surface area contributed by atoms with E-state index < -0.39 is 0 Å². The van der Waals surface area contributed by atoms with Gasteiger partial charge in [-0.1, -0.05) is 24.3 Å². The predicted molar refractivity (Wildman–Crippen MR) is 65.5 cm³/mol. The smallest absolute Gasteiger partial charge is 0.165 e. The molecule has 2 rings (SSSR count). The zero-order chi connectivity index (χ0) is 12.1. The average Bonchev–Trinajstić information content (AvgIpc) is 2.76. The monoisotopic (exact) mass is 231 g/mol. The number of benzene rings is 1. The Morgan fingerprint density at radius 3 is 2.88 bits per heavy atom. The van der Waals surface area contributed by atoms with Crippen molar-refractivity contribution in [1.29, 1.82) is 0 Å². The van der Waals surface area contributed by atoms with Crippen LogP contribution in [0.15, 0.2) is 24.3 Å². The second-order valence-corrected chi connectivity index (χ2v) is 4.03. The van der Waals surface area contributed by atoms with Crippen molar-refractivity contribution in [2.75, 3.05) is 7.05 Å². The number of tetrazole rings is 1. The molecule has 0 radical (unpaired) electrons. The Labute approximate surface area is 101 Å². The molecule has 0 bridgehead atoms. The SMILES string of the molecule is CNCc1nnnn1CCc1ccccc1C. The third kappa shape index (κ3) is 2.88. The highest BCUT2D eigenvalue weighted by Crippen LogP contribution is 2.08. The van der Waals surface area contributed by atoms with Crippen molar-refractivity contribution < 1.29 is 0 Å². The Morgan fingerprint density at radius 1 is 1.29 bits per heavy atom. The number of rotatable bonds is 5. The summed E-state index contributed by atoms with van der Waals surface area (Å²) in [6.45, 7) is 3.64. The summed E-state index contributed by atoms with van der Waals surface area (Å²) in [4.78, 5) is 0. The molecule has 0 unspecified atom stereocenters. The maximum Gasteiger partial charge on any atom is 0.165 e. The van der Waals surface area contributed by atoms with Crippen molar-refractivity contribution in [1.82, 2.24) is 25.5 Å². The third-order valence-electron chi connectivity index (χ3n) is 2.80. The molecule has 1 aromatic heterocycles. The topological polar surface area (TPSA) is 55.6 Å². The van der Waals surface area contributed by atoms with E-state index >= 15 is 0 Å². The lowest BCUT2D eigenvalue weighted by Gasteiger charge is -2.06. The van der Waals surface area contributed by atoms with Gasteiger partial charge in [0.15, 0.2) is 5.82 Å². The molecule has 0 saturated carbocycles. The normalized spacial score (nSPS) is 10.7. The van der Waals surface area contributed by atoms with E-state index in [0.29, 0.717) is 6.54 Å². The molecule has 0 amide bonds. The molecule has 17 heavy (non-hydrogen) atoms. The van der Waals surface area contributed by atoms with Gasteiger partial charge in [-0.3, -0.25) is 0 Å². The van der Waals surface area contributed by atoms with E-state index in [4.69, 9.17) is 0 Å². The first-order valence-corrected chi connectivity index (χ1v) is 5.75. The van der Waals surface area contributed by atoms with Gasteiger partial charge in [0.25, 0.3) is 0 Å². The molecule has 90 valence electrons. The summed E-state index contributed by atoms with van der Waals surface area (Å²) in [5.74, 6) is 0.876. The van der Waals surface area contributed by atoms with E-state index in [-0.39, 0.29) is 0 Å². The van der Waals surface area contributed by atoms with E-state index in [1.165, 1.54) is 11.1 Å². The molecular weight excluding hydrogens is 214 g/mol. The maximum absolute atomic E-state index is 4.00. The van der Waals surface area contributed by atoms with E-state index in [2.05, 4.69) is 52.0 Å². The molecule has 0 atom stereocenters. The first kappa shape index (κ1) is 11.7. The first-order chi connectivity index (χ1) is 8.31. The van der Waals surface area contributed by atoms with Crippen LogP contribution in [-0.4, -0.2) is 27.3 Å². The van der Waals surface area contributed by atoms with Crippen molar-refractivity contribution in [3.63, 3.8) is 0 Å². The summed E-state index contributed by atoms with van der Waals surface area (Å²) in [5.41, 5.74) is 2.66. The molecule has 1 aromatic carbocycles. The maximum atomic E-state index is 4.00. The fourth-order valence-electron chi connectivity index (χ4n) is 1.80. The molecule has 0 fully saturated rings. The van der Waals surface area contributed by atoms with Crippen LogP contribution in [0.25, 0.3) is 0 Å². The van der Waals surface area contributed by atoms with Gasteiger partial charge in [0, 0.05) is 6.54 Å². The number of hydrogen-bond acceptors (Lipinski definition) is 4. The van der Waals surface area contributed by atoms with Crippen LogP contribution in [-0.2, 0) is 19.5 Å². The summed E-state index contributed by atoms with van der Waals surface area (Å²) in [7, 11) is 1.89. The van der Waals surface area contributed by atoms with Crippen molar-refractivity contribution in [2.45, 2.75) is 26.4 Å². The van der Waals surface area contributed by atoms with Gasteiger partial charge in [-0.2, -0.15) is 0 Å². The van der Waals surface area contributed by atoms with Gasteiger partial charge in [-0.25, -0.2) is 4.68 Å². The van der Waals surface area contributed by atoms with Crippen LogP contribution in [0.1, 0.15) is 17.0 Å². The van der Waals surface area contributed by atoms with Gasteiger partial charge >= 0.3 is 0 Å².